The van der Waals surface area contributed by atoms with E-state index in [9.17, 15) is 14.0 Å². The summed E-state index contributed by atoms with van der Waals surface area (Å²) >= 11 is 5.41. The van der Waals surface area contributed by atoms with E-state index in [4.69, 9.17) is 25.5 Å². The summed E-state index contributed by atoms with van der Waals surface area (Å²) < 4.78 is 23.4. The van der Waals surface area contributed by atoms with Crippen LogP contribution in [0.4, 0.5) is 4.39 Å². The van der Waals surface area contributed by atoms with Crippen LogP contribution in [0.5, 0.6) is 5.75 Å². The number of hydrogen-bond acceptors (Lipinski definition) is 7. The molecule has 2 amide bonds. The number of aryl methyl sites for hydroxylation is 1. The monoisotopic (exact) mass is 526 g/mol. The van der Waals surface area contributed by atoms with Gasteiger partial charge in [0.05, 0.1) is 11.2 Å². The molecule has 0 spiro atoms. The van der Waals surface area contributed by atoms with Crippen molar-refractivity contribution >= 4 is 30.2 Å². The highest BCUT2D eigenvalue weighted by molar-refractivity contribution is 6.30. The van der Waals surface area contributed by atoms with Crippen molar-refractivity contribution in [1.82, 2.24) is 15.2 Å². The van der Waals surface area contributed by atoms with E-state index in [-0.39, 0.29) is 23.9 Å². The van der Waals surface area contributed by atoms with E-state index in [1.54, 1.807) is 6.92 Å². The third-order valence-corrected chi connectivity index (χ3v) is 6.02. The minimum absolute atomic E-state index is 0.0356. The number of amides is 2. The van der Waals surface area contributed by atoms with Crippen LogP contribution in [0.25, 0.3) is 0 Å². The van der Waals surface area contributed by atoms with Gasteiger partial charge in [-0.15, -0.1) is 0 Å². The maximum Gasteiger partial charge on any atom is 0.219 e. The van der Waals surface area contributed by atoms with Crippen LogP contribution in [-0.4, -0.2) is 61.3 Å². The van der Waals surface area contributed by atoms with E-state index < -0.39 is 5.82 Å². The number of nitrogens with two attached hydrogens (primary N) is 1. The number of ether oxygens (including phenoxy) is 1. The van der Waals surface area contributed by atoms with Crippen molar-refractivity contribution in [2.75, 3.05) is 26.7 Å². The summed E-state index contributed by atoms with van der Waals surface area (Å²) in [5.41, 5.74) is 4.17. The number of carbonyl (C=O) groups excluding carboxylic acids is 3. The number of hydrogen-bond donors (Lipinski definition) is 2. The van der Waals surface area contributed by atoms with E-state index in [0.29, 0.717) is 24.0 Å². The standard InChI is InChI=1S/C16H27N3O2.C8H6ClFO2.CH3NO/c1-4-14(17-3)5-6-15-11-18-16(21-15)13-7-9-19(10-8-13)12(2)20;9-7-2-1-6(5-8(7)10)12-4-3-11;2-1-3/h11,13-14,17H,4-10H2,1-3H3;1-3,5H,4H2;1H,(H2,2,3). The average Bonchev–Trinajstić information content (AvgIpc) is 3.35. The molecule has 1 aliphatic rings. The lowest BCUT2D eigenvalue weighted by Crippen LogP contribution is -2.36. The first kappa shape index (κ1) is 31.1. The Morgan fingerprint density at radius 3 is 2.58 bits per heavy atom. The molecule has 0 bridgehead atoms. The maximum absolute atomic E-state index is 12.7. The zero-order valence-corrected chi connectivity index (χ0v) is 21.8. The summed E-state index contributed by atoms with van der Waals surface area (Å²) in [6, 6.07) is 4.54. The second-order valence-corrected chi connectivity index (χ2v) is 8.47. The molecule has 9 nitrogen and oxygen atoms in total. The minimum atomic E-state index is -0.555. The van der Waals surface area contributed by atoms with Crippen LogP contribution in [0.3, 0.4) is 0 Å². The maximum atomic E-state index is 12.7. The minimum Gasteiger partial charge on any atom is -0.486 e. The van der Waals surface area contributed by atoms with Gasteiger partial charge in [-0.1, -0.05) is 18.5 Å². The molecule has 0 radical (unpaired) electrons. The summed E-state index contributed by atoms with van der Waals surface area (Å²) in [5, 5.41) is 3.34. The van der Waals surface area contributed by atoms with Gasteiger partial charge in [0.2, 0.25) is 12.3 Å². The Labute approximate surface area is 216 Å². The van der Waals surface area contributed by atoms with Crippen LogP contribution in [-0.2, 0) is 20.8 Å². The number of oxazole rings is 1. The lowest BCUT2D eigenvalue weighted by atomic mass is 9.97. The van der Waals surface area contributed by atoms with Crippen molar-refractivity contribution in [2.24, 2.45) is 5.73 Å². The summed E-state index contributed by atoms with van der Waals surface area (Å²) in [6.07, 6.45) is 7.74. The molecule has 0 aliphatic carbocycles. The zero-order valence-electron chi connectivity index (χ0n) is 21.0. The first-order chi connectivity index (χ1) is 17.3. The van der Waals surface area contributed by atoms with Crippen molar-refractivity contribution in [2.45, 2.75) is 57.9 Å². The van der Waals surface area contributed by atoms with E-state index in [1.165, 1.54) is 12.1 Å². The van der Waals surface area contributed by atoms with Crippen molar-refractivity contribution in [3.8, 4) is 5.75 Å². The quantitative estimate of drug-likeness (QED) is 0.478. The van der Waals surface area contributed by atoms with Gasteiger partial charge in [-0.25, -0.2) is 9.37 Å². The van der Waals surface area contributed by atoms with E-state index in [2.05, 4.69) is 23.0 Å². The fourth-order valence-electron chi connectivity index (χ4n) is 3.63. The molecule has 1 fully saturated rings. The summed E-state index contributed by atoms with van der Waals surface area (Å²) in [5.74, 6) is 2.10. The number of primary amides is 1. The normalized spacial score (nSPS) is 14.0. The Balaban J connectivity index is 0.000000365. The second-order valence-electron chi connectivity index (χ2n) is 8.07. The van der Waals surface area contributed by atoms with Gasteiger partial charge < -0.3 is 25.1 Å². The highest BCUT2D eigenvalue weighted by atomic mass is 35.5. The number of benzene rings is 1. The first-order valence-electron chi connectivity index (χ1n) is 11.8. The van der Waals surface area contributed by atoms with Gasteiger partial charge in [-0.2, -0.15) is 0 Å². The van der Waals surface area contributed by atoms with Crippen LogP contribution in [0, 0.1) is 5.82 Å². The van der Waals surface area contributed by atoms with E-state index >= 15 is 0 Å². The smallest absolute Gasteiger partial charge is 0.219 e. The van der Waals surface area contributed by atoms with Gasteiger partial charge in [-0.05, 0) is 44.9 Å². The second kappa shape index (κ2) is 17.4. The average molecular weight is 527 g/mol. The number of likely N-dealkylation sites (tertiary alicyclic amines) is 1. The third kappa shape index (κ3) is 11.2. The molecule has 2 aromatic rings. The molecule has 1 aromatic carbocycles. The number of piperidine rings is 1. The summed E-state index contributed by atoms with van der Waals surface area (Å²) in [7, 11) is 2.00. The van der Waals surface area contributed by atoms with E-state index in [1.807, 2.05) is 18.1 Å². The number of aldehydes is 1. The van der Waals surface area contributed by atoms with Crippen LogP contribution in [0.2, 0.25) is 5.02 Å². The molecule has 3 rings (SSSR count). The molecule has 1 unspecified atom stereocenters. The van der Waals surface area contributed by atoms with Crippen molar-refractivity contribution in [3.63, 3.8) is 0 Å². The van der Waals surface area contributed by atoms with Crippen LogP contribution in [0.15, 0.2) is 28.8 Å². The number of halogens is 2. The highest BCUT2D eigenvalue weighted by Crippen LogP contribution is 2.28. The third-order valence-electron chi connectivity index (χ3n) is 5.71. The molecule has 11 heteroatoms. The lowest BCUT2D eigenvalue weighted by Gasteiger charge is -2.29. The fourth-order valence-corrected chi connectivity index (χ4v) is 3.75. The number of carbonyl (C=O) groups is 3. The first-order valence-corrected chi connectivity index (χ1v) is 12.2. The Morgan fingerprint density at radius 1 is 1.39 bits per heavy atom. The van der Waals surface area contributed by atoms with Gasteiger partial charge in [0.15, 0.2) is 12.2 Å². The molecule has 200 valence electrons. The highest BCUT2D eigenvalue weighted by Gasteiger charge is 2.25. The van der Waals surface area contributed by atoms with Gasteiger partial charge in [0.25, 0.3) is 0 Å². The van der Waals surface area contributed by atoms with Crippen molar-refractivity contribution in [1.29, 1.82) is 0 Å². The Hall–Kier alpha value is -2.98. The van der Waals surface area contributed by atoms with Crippen LogP contribution >= 0.6 is 11.6 Å². The Kier molecular flexibility index (Phi) is 15.1. The van der Waals surface area contributed by atoms with E-state index in [0.717, 1.165) is 62.9 Å². The molecule has 1 atom stereocenters. The van der Waals surface area contributed by atoms with Crippen LogP contribution < -0.4 is 15.8 Å². The van der Waals surface area contributed by atoms with Gasteiger partial charge in [0, 0.05) is 44.5 Å². The summed E-state index contributed by atoms with van der Waals surface area (Å²) in [4.78, 5) is 36.2. The number of nitrogens with zero attached hydrogens (tertiary/aromatic N) is 2. The van der Waals surface area contributed by atoms with Crippen LogP contribution in [0.1, 0.15) is 57.1 Å². The van der Waals surface area contributed by atoms with Gasteiger partial charge in [-0.3, -0.25) is 14.4 Å². The topological polar surface area (TPSA) is 128 Å². The molecule has 1 saturated heterocycles. The summed E-state index contributed by atoms with van der Waals surface area (Å²) in [6.45, 7) is 5.37. The SMILES string of the molecule is CCC(CCc1cnc(C2CCN(C(C)=O)CC2)o1)NC.NC=O.O=CCOc1ccc(Cl)c(F)c1. The predicted octanol–water partition coefficient (Wildman–Crippen LogP) is 3.49. The number of nitrogens with one attached hydrogen (secondary N) is 1. The van der Waals surface area contributed by atoms with Crippen molar-refractivity contribution in [3.05, 3.63) is 46.9 Å². The molecule has 1 aliphatic heterocycles. The molecule has 3 N–H and O–H groups in total. The lowest BCUT2D eigenvalue weighted by molar-refractivity contribution is -0.129. The van der Waals surface area contributed by atoms with Gasteiger partial charge in [0.1, 0.15) is 23.9 Å². The molecule has 1 aromatic heterocycles. The molecular weight excluding hydrogens is 491 g/mol. The molecule has 36 heavy (non-hydrogen) atoms. The van der Waals surface area contributed by atoms with Crippen molar-refractivity contribution < 1.29 is 27.9 Å². The molecule has 0 saturated carbocycles. The molecule has 2 heterocycles. The number of aromatic nitrogens is 1. The Bertz CT molecular complexity index is 931. The number of rotatable bonds is 9. The molecular formula is C25H36ClFN4O5. The fraction of sp³-hybridized carbons (Fsp3) is 0.520. The predicted molar refractivity (Wildman–Crippen MR) is 135 cm³/mol. The zero-order chi connectivity index (χ0) is 26.9. The Morgan fingerprint density at radius 2 is 2.06 bits per heavy atom. The largest absolute Gasteiger partial charge is 0.486 e. The van der Waals surface area contributed by atoms with Gasteiger partial charge >= 0.3 is 0 Å².